The molecule has 152 valence electrons. The van der Waals surface area contributed by atoms with Crippen molar-refractivity contribution in [3.05, 3.63) is 24.5 Å². The minimum absolute atomic E-state index is 0.282. The van der Waals surface area contributed by atoms with Crippen LogP contribution in [0, 0.1) is 11.8 Å². The van der Waals surface area contributed by atoms with Gasteiger partial charge in [0.2, 0.25) is 6.29 Å². The molecule has 0 aromatic heterocycles. The minimum Gasteiger partial charge on any atom is -0.481 e. The number of aliphatic hydroxyl groups is 4. The molecule has 0 saturated carbocycles. The molecular formula is C16H22O11. The Hall–Kier alpha value is -2.02. The van der Waals surface area contributed by atoms with Gasteiger partial charge in [-0.1, -0.05) is 6.08 Å². The van der Waals surface area contributed by atoms with Gasteiger partial charge in [0.15, 0.2) is 6.29 Å². The van der Waals surface area contributed by atoms with Crippen molar-refractivity contribution in [3.8, 4) is 0 Å². The van der Waals surface area contributed by atoms with Crippen molar-refractivity contribution >= 4 is 11.9 Å². The molecule has 11 heteroatoms. The SMILES string of the molecule is C=C[C@@H]1[C@@H](O[C@H]2O[C@@H](CO)[C@@H](O)[C@@H](O)[C@H]2O)OC=C(C(=O)O)[C@@H]1CC(=O)O. The first-order chi connectivity index (χ1) is 12.7. The number of aliphatic hydroxyl groups excluding tert-OH is 4. The van der Waals surface area contributed by atoms with Crippen molar-refractivity contribution < 1.29 is 54.4 Å². The van der Waals surface area contributed by atoms with Crippen molar-refractivity contribution in [1.82, 2.24) is 0 Å². The molecule has 0 aliphatic carbocycles. The van der Waals surface area contributed by atoms with E-state index in [2.05, 4.69) is 6.58 Å². The molecule has 1 fully saturated rings. The minimum atomic E-state index is -1.69. The summed E-state index contributed by atoms with van der Waals surface area (Å²) in [5.41, 5.74) is -0.282. The Morgan fingerprint density at radius 1 is 1.15 bits per heavy atom. The largest absolute Gasteiger partial charge is 0.481 e. The highest BCUT2D eigenvalue weighted by atomic mass is 16.8. The van der Waals surface area contributed by atoms with E-state index in [1.807, 2.05) is 0 Å². The van der Waals surface area contributed by atoms with Gasteiger partial charge in [0.25, 0.3) is 0 Å². The second-order valence-electron chi connectivity index (χ2n) is 6.23. The molecule has 11 nitrogen and oxygen atoms in total. The summed E-state index contributed by atoms with van der Waals surface area (Å²) in [7, 11) is 0. The fraction of sp³-hybridized carbons (Fsp3) is 0.625. The molecule has 0 aromatic rings. The summed E-state index contributed by atoms with van der Waals surface area (Å²) in [5, 5.41) is 57.1. The molecular weight excluding hydrogens is 368 g/mol. The summed E-state index contributed by atoms with van der Waals surface area (Å²) >= 11 is 0. The lowest BCUT2D eigenvalue weighted by Crippen LogP contribution is -2.60. The molecule has 0 radical (unpaired) electrons. The van der Waals surface area contributed by atoms with Crippen LogP contribution in [-0.4, -0.2) is 86.2 Å². The molecule has 27 heavy (non-hydrogen) atoms. The standard InChI is InChI=1S/C16H22O11/c1-2-6-7(3-10(18)19)8(14(23)24)5-25-15(6)27-16-13(22)12(21)11(20)9(4-17)26-16/h2,5-7,9,11-13,15-17,20-22H,1,3-4H2,(H,18,19)(H,23,24)/t6-,7+,9-,11+,12+,13+,15+,16+/m0/s1. The molecule has 6 N–H and O–H groups in total. The van der Waals surface area contributed by atoms with Crippen molar-refractivity contribution in [3.63, 3.8) is 0 Å². The Bertz CT molecular complexity index is 601. The highest BCUT2D eigenvalue weighted by molar-refractivity contribution is 5.88. The third-order valence-corrected chi connectivity index (χ3v) is 4.54. The van der Waals surface area contributed by atoms with Gasteiger partial charge < -0.3 is 44.8 Å². The number of hydrogen-bond donors (Lipinski definition) is 6. The summed E-state index contributed by atoms with van der Waals surface area (Å²) in [6.45, 7) is 2.89. The number of ether oxygens (including phenoxy) is 3. The van der Waals surface area contributed by atoms with Crippen LogP contribution >= 0.6 is 0 Å². The Balaban J connectivity index is 2.23. The molecule has 2 aliphatic heterocycles. The Labute approximate surface area is 153 Å². The van der Waals surface area contributed by atoms with Crippen LogP contribution in [0.15, 0.2) is 24.5 Å². The third kappa shape index (κ3) is 4.46. The van der Waals surface area contributed by atoms with E-state index in [0.29, 0.717) is 0 Å². The fourth-order valence-corrected chi connectivity index (χ4v) is 3.07. The van der Waals surface area contributed by atoms with Crippen LogP contribution in [0.25, 0.3) is 0 Å². The van der Waals surface area contributed by atoms with Gasteiger partial charge in [-0.05, 0) is 0 Å². The van der Waals surface area contributed by atoms with Crippen LogP contribution in [0.3, 0.4) is 0 Å². The molecule has 1 saturated heterocycles. The van der Waals surface area contributed by atoms with Crippen LogP contribution in [0.4, 0.5) is 0 Å². The fourth-order valence-electron chi connectivity index (χ4n) is 3.07. The first kappa shape index (κ1) is 21.3. The van der Waals surface area contributed by atoms with Crippen molar-refractivity contribution in [2.75, 3.05) is 6.61 Å². The highest BCUT2D eigenvalue weighted by Gasteiger charge is 2.47. The maximum atomic E-state index is 11.3. The summed E-state index contributed by atoms with van der Waals surface area (Å²) in [5.74, 6) is -4.56. The predicted molar refractivity (Wildman–Crippen MR) is 84.9 cm³/mol. The van der Waals surface area contributed by atoms with Gasteiger partial charge in [0.1, 0.15) is 24.4 Å². The molecule has 0 bridgehead atoms. The Morgan fingerprint density at radius 2 is 1.81 bits per heavy atom. The second-order valence-corrected chi connectivity index (χ2v) is 6.23. The van der Waals surface area contributed by atoms with Crippen molar-refractivity contribution in [2.24, 2.45) is 11.8 Å². The normalized spacial score (nSPS) is 39.2. The summed E-state index contributed by atoms with van der Waals surface area (Å²) in [6, 6.07) is 0. The van der Waals surface area contributed by atoms with Crippen LogP contribution in [0.1, 0.15) is 6.42 Å². The Morgan fingerprint density at radius 3 is 2.33 bits per heavy atom. The van der Waals surface area contributed by atoms with Crippen LogP contribution in [-0.2, 0) is 23.8 Å². The topological polar surface area (TPSA) is 183 Å². The number of carbonyl (C=O) groups is 2. The lowest BCUT2D eigenvalue weighted by atomic mass is 9.81. The van der Waals surface area contributed by atoms with E-state index in [1.165, 1.54) is 6.08 Å². The summed E-state index contributed by atoms with van der Waals surface area (Å²) < 4.78 is 15.9. The van der Waals surface area contributed by atoms with Gasteiger partial charge in [-0.3, -0.25) is 4.79 Å². The lowest BCUT2D eigenvalue weighted by Gasteiger charge is -2.42. The Kier molecular flexibility index (Phi) is 6.92. The van der Waals surface area contributed by atoms with Crippen molar-refractivity contribution in [1.29, 1.82) is 0 Å². The molecule has 0 spiro atoms. The van der Waals surface area contributed by atoms with E-state index in [-0.39, 0.29) is 5.57 Å². The van der Waals surface area contributed by atoms with E-state index in [4.69, 9.17) is 19.3 Å². The molecule has 2 heterocycles. The smallest absolute Gasteiger partial charge is 0.335 e. The van der Waals surface area contributed by atoms with Crippen molar-refractivity contribution in [2.45, 2.75) is 43.4 Å². The number of carboxylic acids is 2. The molecule has 8 atom stereocenters. The second kappa shape index (κ2) is 8.78. The molecule has 0 unspecified atom stereocenters. The van der Waals surface area contributed by atoms with Crippen LogP contribution in [0.2, 0.25) is 0 Å². The zero-order valence-electron chi connectivity index (χ0n) is 14.1. The molecule has 2 aliphatic rings. The first-order valence-electron chi connectivity index (χ1n) is 8.10. The van der Waals surface area contributed by atoms with Gasteiger partial charge in [0.05, 0.1) is 24.9 Å². The van der Waals surface area contributed by atoms with Crippen LogP contribution < -0.4 is 0 Å². The van der Waals surface area contributed by atoms with E-state index >= 15 is 0 Å². The maximum absolute atomic E-state index is 11.3. The molecule has 2 rings (SSSR count). The number of rotatable bonds is 7. The average molecular weight is 390 g/mol. The van der Waals surface area contributed by atoms with Gasteiger partial charge in [0, 0.05) is 11.8 Å². The monoisotopic (exact) mass is 390 g/mol. The van der Waals surface area contributed by atoms with Gasteiger partial charge >= 0.3 is 11.9 Å². The average Bonchev–Trinajstić information content (AvgIpc) is 2.61. The highest BCUT2D eigenvalue weighted by Crippen LogP contribution is 2.36. The first-order valence-corrected chi connectivity index (χ1v) is 8.10. The predicted octanol–water partition coefficient (Wildman–Crippen LogP) is -1.98. The molecule has 0 amide bonds. The van der Waals surface area contributed by atoms with E-state index in [1.54, 1.807) is 0 Å². The van der Waals surface area contributed by atoms with Gasteiger partial charge in [-0.15, -0.1) is 6.58 Å². The van der Waals surface area contributed by atoms with Crippen LogP contribution in [0.5, 0.6) is 0 Å². The zero-order chi connectivity index (χ0) is 20.3. The number of hydrogen-bond acceptors (Lipinski definition) is 9. The van der Waals surface area contributed by atoms with E-state index in [0.717, 1.165) is 6.26 Å². The van der Waals surface area contributed by atoms with E-state index in [9.17, 15) is 35.1 Å². The number of carboxylic acid groups (broad SMARTS) is 2. The summed E-state index contributed by atoms with van der Waals surface area (Å²) in [6.07, 6.45) is -7.39. The summed E-state index contributed by atoms with van der Waals surface area (Å²) in [4.78, 5) is 22.5. The number of aliphatic carboxylic acids is 2. The third-order valence-electron chi connectivity index (χ3n) is 4.54. The quantitative estimate of drug-likeness (QED) is 0.265. The lowest BCUT2D eigenvalue weighted by molar-refractivity contribution is -0.339. The van der Waals surface area contributed by atoms with Gasteiger partial charge in [-0.25, -0.2) is 4.79 Å². The maximum Gasteiger partial charge on any atom is 0.335 e. The van der Waals surface area contributed by atoms with Gasteiger partial charge in [-0.2, -0.15) is 0 Å². The zero-order valence-corrected chi connectivity index (χ0v) is 14.1. The molecule has 0 aromatic carbocycles. The van der Waals surface area contributed by atoms with E-state index < -0.39 is 73.8 Å².